The second kappa shape index (κ2) is 6.25. The third-order valence-electron chi connectivity index (χ3n) is 5.45. The molecule has 0 radical (unpaired) electrons. The van der Waals surface area contributed by atoms with Gasteiger partial charge in [-0.2, -0.15) is 0 Å². The fraction of sp³-hybridized carbons (Fsp3) is 0.208. The Morgan fingerprint density at radius 1 is 1.10 bits per heavy atom. The van der Waals surface area contributed by atoms with Gasteiger partial charge in [0.1, 0.15) is 17.9 Å². The predicted molar refractivity (Wildman–Crippen MR) is 107 cm³/mol. The van der Waals surface area contributed by atoms with Gasteiger partial charge in [-0.15, -0.1) is 0 Å². The number of hydrogen-bond acceptors (Lipinski definition) is 4. The molecule has 142 valence electrons. The zero-order chi connectivity index (χ0) is 20.1. The molecule has 3 aliphatic rings. The van der Waals surface area contributed by atoms with Gasteiger partial charge >= 0.3 is 6.09 Å². The molecule has 2 bridgehead atoms. The van der Waals surface area contributed by atoms with Crippen LogP contribution in [0.2, 0.25) is 0 Å². The first-order valence-electron chi connectivity index (χ1n) is 9.29. The maximum Gasteiger partial charge on any atom is 0.420 e. The average molecular weight is 383 g/mol. The summed E-state index contributed by atoms with van der Waals surface area (Å²) in [6.45, 7) is 1.63. The lowest BCUT2D eigenvalue weighted by Gasteiger charge is -2.38. The molecule has 1 fully saturated rings. The van der Waals surface area contributed by atoms with Crippen LogP contribution in [-0.4, -0.2) is 28.9 Å². The lowest BCUT2D eigenvalue weighted by atomic mass is 9.75. The average Bonchev–Trinajstić information content (AvgIpc) is 3.49. The number of fused-ring (bicyclic) bond motifs is 1. The van der Waals surface area contributed by atoms with Crippen LogP contribution in [-0.2, 0) is 10.3 Å². The van der Waals surface area contributed by atoms with Crippen molar-refractivity contribution in [1.29, 1.82) is 0 Å². The number of allylic oxidation sites excluding steroid dienone is 2. The van der Waals surface area contributed by atoms with Gasteiger partial charge in [-0.25, -0.2) is 4.79 Å². The van der Waals surface area contributed by atoms with E-state index in [1.54, 1.807) is 49.4 Å². The summed E-state index contributed by atoms with van der Waals surface area (Å²) in [6.07, 6.45) is 2.09. The van der Waals surface area contributed by atoms with Crippen molar-refractivity contribution in [1.82, 2.24) is 0 Å². The maximum atomic E-state index is 13.2. The van der Waals surface area contributed by atoms with E-state index in [-0.39, 0.29) is 0 Å². The van der Waals surface area contributed by atoms with E-state index in [2.05, 4.69) is 23.7 Å². The van der Waals surface area contributed by atoms with E-state index < -0.39 is 29.4 Å². The molecule has 5 nitrogen and oxygen atoms in total. The van der Waals surface area contributed by atoms with Crippen LogP contribution in [0.5, 0.6) is 5.75 Å². The van der Waals surface area contributed by atoms with Crippen molar-refractivity contribution in [2.24, 2.45) is 0 Å². The molecule has 1 aliphatic carbocycles. The van der Waals surface area contributed by atoms with Crippen molar-refractivity contribution in [2.45, 2.75) is 30.3 Å². The zero-order valence-corrected chi connectivity index (χ0v) is 15.6. The Bertz CT molecular complexity index is 1150. The van der Waals surface area contributed by atoms with Crippen LogP contribution in [0, 0.1) is 23.7 Å². The van der Waals surface area contributed by atoms with Gasteiger partial charge in [0.05, 0.1) is 5.69 Å². The number of rotatable bonds is 1. The standard InChI is InChI=1S/C24H17NO4/c1-23(27)16-10-3-2-7-15-20-21-24(23,29-21)18-13-8-9-14-19(18)25(20)22(26)28-17-11-5-4-6-12-17/h2-6,8-9,11-14,20-21,27H,1H3/b3-2-/t20-,21-,23+,24+/m1/s1. The quantitative estimate of drug-likeness (QED) is 0.608. The molecule has 5 heteroatoms. The van der Waals surface area contributed by atoms with Gasteiger partial charge < -0.3 is 14.6 Å². The van der Waals surface area contributed by atoms with Gasteiger partial charge in [-0.05, 0) is 37.3 Å². The summed E-state index contributed by atoms with van der Waals surface area (Å²) in [5.41, 5.74) is -1.22. The maximum absolute atomic E-state index is 13.2. The van der Waals surface area contributed by atoms with Crippen molar-refractivity contribution in [3.05, 3.63) is 72.3 Å². The van der Waals surface area contributed by atoms with Crippen LogP contribution in [0.15, 0.2) is 66.7 Å². The molecule has 0 spiro atoms. The summed E-state index contributed by atoms with van der Waals surface area (Å²) < 4.78 is 11.7. The van der Waals surface area contributed by atoms with E-state index in [1.807, 2.05) is 24.3 Å². The number of ether oxygens (including phenoxy) is 2. The normalized spacial score (nSPS) is 31.6. The van der Waals surface area contributed by atoms with E-state index >= 15 is 0 Å². The Hall–Kier alpha value is -3.51. The number of nitrogens with zero attached hydrogens (tertiary/aromatic N) is 1. The summed E-state index contributed by atoms with van der Waals surface area (Å²) in [6, 6.07) is 15.6. The molecule has 0 unspecified atom stereocenters. The molecule has 5 rings (SSSR count). The minimum absolute atomic E-state index is 0.439. The number of carbonyl (C=O) groups excluding carboxylic acids is 1. The van der Waals surface area contributed by atoms with Crippen LogP contribution in [0.25, 0.3) is 0 Å². The zero-order valence-electron chi connectivity index (χ0n) is 15.6. The van der Waals surface area contributed by atoms with Gasteiger partial charge in [-0.3, -0.25) is 4.90 Å². The highest BCUT2D eigenvalue weighted by Gasteiger charge is 2.74. The van der Waals surface area contributed by atoms with Gasteiger partial charge in [0.25, 0.3) is 0 Å². The lowest BCUT2D eigenvalue weighted by molar-refractivity contribution is 0.0265. The van der Waals surface area contributed by atoms with Gasteiger partial charge in [0, 0.05) is 5.56 Å². The summed E-state index contributed by atoms with van der Waals surface area (Å²) in [5, 5.41) is 11.2. The topological polar surface area (TPSA) is 62.3 Å². The number of aliphatic hydroxyl groups is 1. The van der Waals surface area contributed by atoms with Crippen LogP contribution in [0.3, 0.4) is 0 Å². The van der Waals surface area contributed by atoms with E-state index in [0.717, 1.165) is 0 Å². The Kier molecular flexibility index (Phi) is 3.79. The van der Waals surface area contributed by atoms with E-state index in [9.17, 15) is 9.90 Å². The third kappa shape index (κ3) is 2.57. The van der Waals surface area contributed by atoms with Crippen LogP contribution in [0.4, 0.5) is 10.5 Å². The lowest BCUT2D eigenvalue weighted by Crippen LogP contribution is -2.54. The number of para-hydroxylation sites is 2. The molecule has 1 N–H and O–H groups in total. The number of epoxide rings is 1. The third-order valence-corrected chi connectivity index (χ3v) is 5.45. The summed E-state index contributed by atoms with van der Waals surface area (Å²) in [4.78, 5) is 14.7. The molecule has 2 aromatic carbocycles. The molecule has 29 heavy (non-hydrogen) atoms. The van der Waals surface area contributed by atoms with Crippen molar-refractivity contribution < 1.29 is 19.4 Å². The van der Waals surface area contributed by atoms with Gasteiger partial charge in [0.2, 0.25) is 0 Å². The SMILES string of the molecule is C[C@]1(O)C#C/C=C\C#C[C@@H]2[C@H]3O[C@@]31c1ccccc1N2C(=O)Oc1ccccc1. The van der Waals surface area contributed by atoms with Crippen LogP contribution in [0.1, 0.15) is 12.5 Å². The summed E-state index contributed by atoms with van der Waals surface area (Å²) in [7, 11) is 0. The number of anilines is 1. The summed E-state index contributed by atoms with van der Waals surface area (Å²) in [5.74, 6) is 12.2. The van der Waals surface area contributed by atoms with Crippen LogP contribution >= 0.6 is 0 Å². The Balaban J connectivity index is 1.66. The molecule has 4 atom stereocenters. The van der Waals surface area contributed by atoms with Crippen molar-refractivity contribution in [3.8, 4) is 29.4 Å². The summed E-state index contributed by atoms with van der Waals surface area (Å²) >= 11 is 0. The fourth-order valence-electron chi connectivity index (χ4n) is 4.09. The predicted octanol–water partition coefficient (Wildman–Crippen LogP) is 3.00. The molecule has 1 saturated heterocycles. The molecular formula is C24H17NO4. The Morgan fingerprint density at radius 3 is 2.66 bits per heavy atom. The molecule has 2 aromatic rings. The van der Waals surface area contributed by atoms with E-state index in [4.69, 9.17) is 9.47 Å². The highest BCUT2D eigenvalue weighted by Crippen LogP contribution is 2.61. The monoisotopic (exact) mass is 383 g/mol. The molecule has 1 amide bonds. The molecular weight excluding hydrogens is 366 g/mol. The smallest absolute Gasteiger partial charge is 0.410 e. The van der Waals surface area contributed by atoms with Crippen molar-refractivity contribution >= 4 is 11.8 Å². The van der Waals surface area contributed by atoms with E-state index in [0.29, 0.717) is 17.0 Å². The number of hydrogen-bond donors (Lipinski definition) is 1. The Morgan fingerprint density at radius 2 is 1.83 bits per heavy atom. The number of amides is 1. The molecule has 2 aliphatic heterocycles. The Labute approximate surface area is 168 Å². The first kappa shape index (κ1) is 17.6. The van der Waals surface area contributed by atoms with Crippen molar-refractivity contribution in [2.75, 3.05) is 4.90 Å². The highest BCUT2D eigenvalue weighted by molar-refractivity contribution is 5.93. The first-order valence-corrected chi connectivity index (χ1v) is 9.29. The van der Waals surface area contributed by atoms with Gasteiger partial charge in [0.15, 0.2) is 11.2 Å². The molecule has 0 aromatic heterocycles. The second-order valence-corrected chi connectivity index (χ2v) is 7.25. The van der Waals surface area contributed by atoms with Crippen molar-refractivity contribution in [3.63, 3.8) is 0 Å². The molecule has 2 heterocycles. The largest absolute Gasteiger partial charge is 0.420 e. The minimum Gasteiger partial charge on any atom is -0.410 e. The highest BCUT2D eigenvalue weighted by atomic mass is 16.6. The number of benzene rings is 2. The number of carbonyl (C=O) groups is 1. The minimum atomic E-state index is -1.45. The van der Waals surface area contributed by atoms with E-state index in [1.165, 1.54) is 4.90 Å². The van der Waals surface area contributed by atoms with Crippen LogP contribution < -0.4 is 9.64 Å². The fourth-order valence-corrected chi connectivity index (χ4v) is 4.09. The molecule has 0 saturated carbocycles. The van der Waals surface area contributed by atoms with Gasteiger partial charge in [-0.1, -0.05) is 60.1 Å². The first-order chi connectivity index (χ1) is 14.0. The second-order valence-electron chi connectivity index (χ2n) is 7.25.